The Hall–Kier alpha value is -2.93. The van der Waals surface area contributed by atoms with Gasteiger partial charge in [-0.2, -0.15) is 0 Å². The van der Waals surface area contributed by atoms with Crippen LogP contribution in [-0.2, 0) is 4.79 Å². The van der Waals surface area contributed by atoms with Gasteiger partial charge in [0.25, 0.3) is 0 Å². The number of hydrogen-bond acceptors (Lipinski definition) is 5. The lowest BCUT2D eigenvalue weighted by molar-refractivity contribution is -0.116. The number of para-hydroxylation sites is 1. The molecular formula is C25H28N4O2S. The van der Waals surface area contributed by atoms with Crippen LogP contribution in [0.4, 0.5) is 5.69 Å². The summed E-state index contributed by atoms with van der Waals surface area (Å²) in [5.74, 6) is 1.74. The van der Waals surface area contributed by atoms with Gasteiger partial charge in [0.1, 0.15) is 5.82 Å². The third-order valence-electron chi connectivity index (χ3n) is 5.45. The van der Waals surface area contributed by atoms with Crippen LogP contribution in [-0.4, -0.2) is 32.2 Å². The number of amides is 1. The molecule has 1 aliphatic carbocycles. The topological polar surface area (TPSA) is 76.9 Å². The summed E-state index contributed by atoms with van der Waals surface area (Å²) in [5.41, 5.74) is 2.36. The summed E-state index contributed by atoms with van der Waals surface area (Å²) < 4.78 is 2.08. The van der Waals surface area contributed by atoms with Crippen LogP contribution < -0.4 is 5.32 Å². The van der Waals surface area contributed by atoms with Gasteiger partial charge in [-0.3, -0.25) is 14.2 Å². The fourth-order valence-corrected chi connectivity index (χ4v) is 4.37. The van der Waals surface area contributed by atoms with Crippen molar-refractivity contribution in [1.82, 2.24) is 14.8 Å². The van der Waals surface area contributed by atoms with E-state index in [0.29, 0.717) is 23.6 Å². The molecule has 1 heterocycles. The molecule has 1 saturated carbocycles. The number of thioether (sulfide) groups is 1. The number of carbonyl (C=O) groups excluding carboxylic acids is 2. The van der Waals surface area contributed by atoms with Crippen molar-refractivity contribution >= 4 is 29.1 Å². The number of rotatable bonds is 11. The van der Waals surface area contributed by atoms with E-state index in [1.807, 2.05) is 30.3 Å². The number of nitrogens with one attached hydrogen (secondary N) is 1. The molecule has 1 amide bonds. The van der Waals surface area contributed by atoms with Crippen LogP contribution in [0.1, 0.15) is 67.5 Å². The maximum atomic E-state index is 12.8. The fraction of sp³-hybridized carbons (Fsp3) is 0.360. The minimum absolute atomic E-state index is 0.0137. The molecule has 0 radical (unpaired) electrons. The molecule has 0 atom stereocenters. The monoisotopic (exact) mass is 448 g/mol. The molecule has 1 fully saturated rings. The molecule has 3 aromatic rings. The van der Waals surface area contributed by atoms with E-state index in [1.54, 1.807) is 24.3 Å². The Bertz CT molecular complexity index is 1060. The third-order valence-corrected chi connectivity index (χ3v) is 6.37. The van der Waals surface area contributed by atoms with Crippen LogP contribution in [0.3, 0.4) is 0 Å². The number of benzene rings is 2. The number of hydrogen-bond donors (Lipinski definition) is 1. The molecule has 7 heteroatoms. The number of ketones is 1. The Morgan fingerprint density at radius 3 is 2.47 bits per heavy atom. The second kappa shape index (κ2) is 10.6. The summed E-state index contributed by atoms with van der Waals surface area (Å²) in [4.78, 5) is 24.7. The summed E-state index contributed by atoms with van der Waals surface area (Å²) in [6.45, 7) is 2.11. The molecule has 0 aliphatic heterocycles. The Morgan fingerprint density at radius 1 is 1.03 bits per heavy atom. The lowest BCUT2D eigenvalue weighted by Gasteiger charge is -2.09. The molecule has 1 N–H and O–H groups in total. The third kappa shape index (κ3) is 5.65. The average Bonchev–Trinajstić information content (AvgIpc) is 3.58. The van der Waals surface area contributed by atoms with Crippen LogP contribution in [0, 0.1) is 0 Å². The van der Waals surface area contributed by atoms with E-state index in [9.17, 15) is 9.59 Å². The second-order valence-corrected chi connectivity index (χ2v) is 9.02. The summed E-state index contributed by atoms with van der Waals surface area (Å²) in [7, 11) is 0. The van der Waals surface area contributed by atoms with E-state index in [4.69, 9.17) is 0 Å². The molecule has 1 aliphatic rings. The van der Waals surface area contributed by atoms with Gasteiger partial charge >= 0.3 is 0 Å². The normalized spacial score (nSPS) is 13.2. The van der Waals surface area contributed by atoms with Crippen molar-refractivity contribution in [3.8, 4) is 5.69 Å². The Kier molecular flexibility index (Phi) is 7.37. The molecule has 2 aromatic carbocycles. The van der Waals surface area contributed by atoms with Crippen molar-refractivity contribution in [2.24, 2.45) is 0 Å². The molecule has 4 rings (SSSR count). The van der Waals surface area contributed by atoms with Crippen molar-refractivity contribution in [3.63, 3.8) is 0 Å². The highest BCUT2D eigenvalue weighted by atomic mass is 32.2. The van der Waals surface area contributed by atoms with Crippen LogP contribution in [0.2, 0.25) is 0 Å². The molecular weight excluding hydrogens is 420 g/mol. The molecule has 166 valence electrons. The van der Waals surface area contributed by atoms with Crippen molar-refractivity contribution in [2.75, 3.05) is 11.1 Å². The number of anilines is 1. The van der Waals surface area contributed by atoms with Crippen molar-refractivity contribution in [3.05, 3.63) is 66.0 Å². The molecule has 0 spiro atoms. The zero-order chi connectivity index (χ0) is 22.3. The van der Waals surface area contributed by atoms with E-state index in [-0.39, 0.29) is 17.4 Å². The van der Waals surface area contributed by atoms with Crippen LogP contribution in [0.5, 0.6) is 0 Å². The van der Waals surface area contributed by atoms with E-state index >= 15 is 0 Å². The van der Waals surface area contributed by atoms with Crippen LogP contribution in [0.15, 0.2) is 59.8 Å². The smallest absolute Gasteiger partial charge is 0.224 e. The second-order valence-electron chi connectivity index (χ2n) is 8.08. The van der Waals surface area contributed by atoms with Gasteiger partial charge in [0.05, 0.1) is 5.75 Å². The number of carbonyl (C=O) groups is 2. The van der Waals surface area contributed by atoms with Gasteiger partial charge in [0.2, 0.25) is 5.91 Å². The highest BCUT2D eigenvalue weighted by Crippen LogP contribution is 2.41. The lowest BCUT2D eigenvalue weighted by atomic mass is 10.1. The van der Waals surface area contributed by atoms with E-state index in [1.165, 1.54) is 11.8 Å². The van der Waals surface area contributed by atoms with Gasteiger partial charge < -0.3 is 5.32 Å². The van der Waals surface area contributed by atoms with Crippen molar-refractivity contribution in [2.45, 2.75) is 56.5 Å². The number of unbranched alkanes of at least 4 members (excludes halogenated alkanes) is 2. The first-order chi connectivity index (χ1) is 15.7. The summed E-state index contributed by atoms with van der Waals surface area (Å²) >= 11 is 1.41. The average molecular weight is 449 g/mol. The minimum atomic E-state index is 0.0137. The molecule has 0 bridgehead atoms. The first-order valence-corrected chi connectivity index (χ1v) is 12.2. The highest BCUT2D eigenvalue weighted by Gasteiger charge is 2.31. The van der Waals surface area contributed by atoms with Crippen molar-refractivity contribution < 1.29 is 9.59 Å². The first-order valence-electron chi connectivity index (χ1n) is 11.2. The van der Waals surface area contributed by atoms with Crippen molar-refractivity contribution in [1.29, 1.82) is 0 Å². The molecule has 32 heavy (non-hydrogen) atoms. The first kappa shape index (κ1) is 22.3. The summed E-state index contributed by atoms with van der Waals surface area (Å²) in [6.07, 6.45) is 5.83. The maximum absolute atomic E-state index is 12.8. The summed E-state index contributed by atoms with van der Waals surface area (Å²) in [6, 6.07) is 17.2. The van der Waals surface area contributed by atoms with E-state index < -0.39 is 0 Å². The van der Waals surface area contributed by atoms with Gasteiger partial charge in [-0.05, 0) is 55.7 Å². The Morgan fingerprint density at radius 2 is 1.78 bits per heavy atom. The van der Waals surface area contributed by atoms with Crippen LogP contribution >= 0.6 is 11.8 Å². The standard InChI is InChI=1S/C25H28N4O2S/c1-2-3-5-10-23(31)26-20-15-13-18(14-16-20)22(30)17-32-25-28-27-24(19-11-12-19)29(25)21-8-6-4-7-9-21/h4,6-9,13-16,19H,2-3,5,10-12,17H2,1H3,(H,26,31). The largest absolute Gasteiger partial charge is 0.326 e. The predicted octanol–water partition coefficient (Wildman–Crippen LogP) is 5.64. The zero-order valence-corrected chi connectivity index (χ0v) is 19.1. The SMILES string of the molecule is CCCCCC(=O)Nc1ccc(C(=O)CSc2nnc(C3CC3)n2-c2ccccc2)cc1. The number of nitrogens with zero attached hydrogens (tertiary/aromatic N) is 3. The van der Waals surface area contributed by atoms with E-state index in [2.05, 4.69) is 27.0 Å². The van der Waals surface area contributed by atoms with Crippen LogP contribution in [0.25, 0.3) is 5.69 Å². The van der Waals surface area contributed by atoms with Gasteiger partial charge in [0.15, 0.2) is 10.9 Å². The van der Waals surface area contributed by atoms with Gasteiger partial charge in [0, 0.05) is 29.3 Å². The molecule has 0 unspecified atom stereocenters. The zero-order valence-electron chi connectivity index (χ0n) is 18.3. The quantitative estimate of drug-likeness (QED) is 0.233. The lowest BCUT2D eigenvalue weighted by Crippen LogP contribution is -2.11. The molecule has 0 saturated heterocycles. The number of Topliss-reactive ketones (excluding diaryl/α,β-unsaturated/α-hetero) is 1. The summed E-state index contributed by atoms with van der Waals surface area (Å²) in [5, 5.41) is 12.4. The minimum Gasteiger partial charge on any atom is -0.326 e. The molecule has 6 nitrogen and oxygen atoms in total. The molecule has 1 aromatic heterocycles. The fourth-order valence-electron chi connectivity index (χ4n) is 3.51. The Balaban J connectivity index is 1.38. The van der Waals surface area contributed by atoms with Gasteiger partial charge in [-0.1, -0.05) is 49.7 Å². The highest BCUT2D eigenvalue weighted by molar-refractivity contribution is 7.99. The van der Waals surface area contributed by atoms with Gasteiger partial charge in [-0.25, -0.2) is 0 Å². The van der Waals surface area contributed by atoms with Gasteiger partial charge in [-0.15, -0.1) is 10.2 Å². The maximum Gasteiger partial charge on any atom is 0.224 e. The predicted molar refractivity (Wildman–Crippen MR) is 128 cm³/mol. The number of aromatic nitrogens is 3. The Labute approximate surface area is 192 Å². The van der Waals surface area contributed by atoms with E-state index in [0.717, 1.165) is 48.8 Å².